The average Bonchev–Trinajstić information content (AvgIpc) is 3.39. The SMILES string of the molecule is CC(C)C(NC(=O)CCCCCN1C(=O)C=CC1=O)C(=O)NC(CCCNC(N)=O)C(=O)Nc1ccc(COC(=O)N(C)C(C(N)=O)C(C)C)cc1. The van der Waals surface area contributed by atoms with Gasteiger partial charge in [0.2, 0.25) is 23.6 Å². The van der Waals surface area contributed by atoms with Gasteiger partial charge in [0.15, 0.2) is 0 Å². The first-order valence-electron chi connectivity index (χ1n) is 17.3. The minimum absolute atomic E-state index is 0.104. The number of imide groups is 1. The van der Waals surface area contributed by atoms with Crippen LogP contribution in [0, 0.1) is 11.8 Å². The second-order valence-electron chi connectivity index (χ2n) is 13.2. The highest BCUT2D eigenvalue weighted by atomic mass is 16.6. The standard InChI is InChI=1S/C35H52N8O9/c1-21(2)29(41-26(44)11-7-6-8-19-43-27(45)16-17-28(43)46)33(49)40-25(10-9-18-38-34(37)50)32(48)39-24-14-12-23(13-15-24)20-52-35(51)42(5)30(22(3)4)31(36)47/h12-17,21-22,25,29-30H,6-11,18-20H2,1-5H3,(H2,36,47)(H,39,48)(H,40,49)(H,41,44)(H3,37,38,50). The van der Waals surface area contributed by atoms with Gasteiger partial charge in [-0.15, -0.1) is 0 Å². The number of primary amides is 2. The number of nitrogens with zero attached hydrogens (tertiary/aromatic N) is 2. The fourth-order valence-corrected chi connectivity index (χ4v) is 5.45. The number of hydrogen-bond donors (Lipinski definition) is 6. The van der Waals surface area contributed by atoms with Crippen LogP contribution in [0.15, 0.2) is 36.4 Å². The number of hydrogen-bond acceptors (Lipinski definition) is 9. The zero-order chi connectivity index (χ0) is 39.0. The normalized spacial score (nSPS) is 14.1. The number of unbranched alkanes of at least 4 members (excludes halogenated alkanes) is 2. The third-order valence-corrected chi connectivity index (χ3v) is 8.27. The van der Waals surface area contributed by atoms with Gasteiger partial charge in [-0.25, -0.2) is 9.59 Å². The summed E-state index contributed by atoms with van der Waals surface area (Å²) >= 11 is 0. The van der Waals surface area contributed by atoms with E-state index in [-0.39, 0.29) is 62.1 Å². The Bertz CT molecular complexity index is 1460. The Morgan fingerprint density at radius 2 is 1.46 bits per heavy atom. The molecule has 0 spiro atoms. The van der Waals surface area contributed by atoms with Crippen LogP contribution in [-0.4, -0.2) is 95.6 Å². The third-order valence-electron chi connectivity index (χ3n) is 8.27. The molecule has 0 saturated heterocycles. The molecular weight excluding hydrogens is 676 g/mol. The summed E-state index contributed by atoms with van der Waals surface area (Å²) in [6.07, 6.45) is 3.88. The van der Waals surface area contributed by atoms with Crippen molar-refractivity contribution in [3.05, 3.63) is 42.0 Å². The van der Waals surface area contributed by atoms with Crippen molar-refractivity contribution in [1.82, 2.24) is 25.8 Å². The van der Waals surface area contributed by atoms with E-state index in [0.29, 0.717) is 36.9 Å². The number of rotatable bonds is 21. The van der Waals surface area contributed by atoms with Crippen LogP contribution >= 0.6 is 0 Å². The van der Waals surface area contributed by atoms with Crippen molar-refractivity contribution in [3.8, 4) is 0 Å². The Kier molecular flexibility index (Phi) is 17.3. The number of benzene rings is 1. The predicted molar refractivity (Wildman–Crippen MR) is 191 cm³/mol. The molecule has 17 nitrogen and oxygen atoms in total. The molecule has 3 atom stereocenters. The molecule has 1 heterocycles. The molecule has 0 aromatic heterocycles. The van der Waals surface area contributed by atoms with E-state index < -0.39 is 48.0 Å². The molecule has 286 valence electrons. The smallest absolute Gasteiger partial charge is 0.410 e. The first-order chi connectivity index (χ1) is 24.5. The van der Waals surface area contributed by atoms with E-state index in [1.807, 2.05) is 0 Å². The van der Waals surface area contributed by atoms with E-state index in [9.17, 15) is 38.4 Å². The van der Waals surface area contributed by atoms with Gasteiger partial charge in [-0.3, -0.25) is 38.6 Å². The molecule has 1 aromatic carbocycles. The summed E-state index contributed by atoms with van der Waals surface area (Å²) in [5.74, 6) is -3.36. The maximum Gasteiger partial charge on any atom is 0.410 e. The molecular formula is C35H52N8O9. The predicted octanol–water partition coefficient (Wildman–Crippen LogP) is 1.26. The number of nitrogens with two attached hydrogens (primary N) is 2. The molecule has 0 fully saturated rings. The van der Waals surface area contributed by atoms with Gasteiger partial charge >= 0.3 is 12.1 Å². The second-order valence-corrected chi connectivity index (χ2v) is 13.2. The molecule has 1 aliphatic rings. The lowest BCUT2D eigenvalue weighted by Gasteiger charge is -2.27. The van der Waals surface area contributed by atoms with Crippen molar-refractivity contribution in [1.29, 1.82) is 0 Å². The van der Waals surface area contributed by atoms with E-state index in [4.69, 9.17) is 16.2 Å². The molecule has 1 aliphatic heterocycles. The van der Waals surface area contributed by atoms with Crippen LogP contribution in [-0.2, 0) is 40.1 Å². The fourth-order valence-electron chi connectivity index (χ4n) is 5.45. The van der Waals surface area contributed by atoms with E-state index in [1.165, 1.54) is 19.2 Å². The minimum Gasteiger partial charge on any atom is -0.445 e. The lowest BCUT2D eigenvalue weighted by Crippen LogP contribution is -2.54. The average molecular weight is 729 g/mol. The fraction of sp³-hybridized carbons (Fsp3) is 0.543. The quantitative estimate of drug-likeness (QED) is 0.0786. The first kappa shape index (κ1) is 42.7. The Morgan fingerprint density at radius 1 is 0.827 bits per heavy atom. The van der Waals surface area contributed by atoms with E-state index >= 15 is 0 Å². The van der Waals surface area contributed by atoms with Gasteiger partial charge in [-0.2, -0.15) is 0 Å². The number of carbonyl (C=O) groups excluding carboxylic acids is 8. The van der Waals surface area contributed by atoms with Crippen molar-refractivity contribution in [2.75, 3.05) is 25.5 Å². The summed E-state index contributed by atoms with van der Waals surface area (Å²) < 4.78 is 5.32. The zero-order valence-corrected chi connectivity index (χ0v) is 30.4. The summed E-state index contributed by atoms with van der Waals surface area (Å²) in [4.78, 5) is 101. The van der Waals surface area contributed by atoms with Crippen LogP contribution < -0.4 is 32.7 Å². The zero-order valence-electron chi connectivity index (χ0n) is 30.4. The summed E-state index contributed by atoms with van der Waals surface area (Å²) in [6.45, 7) is 7.36. The lowest BCUT2D eigenvalue weighted by molar-refractivity contribution is -0.137. The number of nitrogens with one attached hydrogen (secondary N) is 4. The van der Waals surface area contributed by atoms with Gasteiger partial charge in [0.05, 0.1) is 0 Å². The van der Waals surface area contributed by atoms with Crippen molar-refractivity contribution >= 4 is 53.3 Å². The number of likely N-dealkylation sites (N-methyl/N-ethyl adjacent to an activating group) is 1. The summed E-state index contributed by atoms with van der Waals surface area (Å²) in [6, 6.07) is 2.90. The van der Waals surface area contributed by atoms with E-state index in [1.54, 1.807) is 52.0 Å². The Balaban J connectivity index is 1.98. The molecule has 9 amide bonds. The molecule has 0 saturated carbocycles. The Morgan fingerprint density at radius 3 is 2.02 bits per heavy atom. The number of amides is 9. The van der Waals surface area contributed by atoms with Gasteiger partial charge in [0, 0.05) is 44.4 Å². The van der Waals surface area contributed by atoms with Crippen molar-refractivity contribution in [2.45, 2.75) is 91.0 Å². The molecule has 8 N–H and O–H groups in total. The van der Waals surface area contributed by atoms with Crippen molar-refractivity contribution in [2.24, 2.45) is 23.3 Å². The maximum absolute atomic E-state index is 13.4. The van der Waals surface area contributed by atoms with Crippen molar-refractivity contribution in [3.63, 3.8) is 0 Å². The lowest BCUT2D eigenvalue weighted by atomic mass is 10.0. The van der Waals surface area contributed by atoms with Gasteiger partial charge in [-0.1, -0.05) is 46.2 Å². The molecule has 0 radical (unpaired) electrons. The Hall–Kier alpha value is -5.48. The monoisotopic (exact) mass is 728 g/mol. The third kappa shape index (κ3) is 14.0. The molecule has 1 aromatic rings. The first-order valence-corrected chi connectivity index (χ1v) is 17.3. The number of carbonyl (C=O) groups is 8. The molecule has 0 bridgehead atoms. The molecule has 17 heteroatoms. The number of anilines is 1. The minimum atomic E-state index is -1.04. The maximum atomic E-state index is 13.4. The highest BCUT2D eigenvalue weighted by Crippen LogP contribution is 2.15. The van der Waals surface area contributed by atoms with Crippen LogP contribution in [0.4, 0.5) is 15.3 Å². The number of urea groups is 1. The topological polar surface area (TPSA) is 252 Å². The molecule has 2 rings (SSSR count). The molecule has 0 aliphatic carbocycles. The molecule has 3 unspecified atom stereocenters. The van der Waals surface area contributed by atoms with Crippen LogP contribution in [0.2, 0.25) is 0 Å². The largest absolute Gasteiger partial charge is 0.445 e. The Labute approximate surface area is 303 Å². The summed E-state index contributed by atoms with van der Waals surface area (Å²) in [7, 11) is 1.43. The van der Waals surface area contributed by atoms with Gasteiger partial charge in [0.1, 0.15) is 24.7 Å². The van der Waals surface area contributed by atoms with Crippen LogP contribution in [0.5, 0.6) is 0 Å². The van der Waals surface area contributed by atoms with Gasteiger partial charge < -0.3 is 37.5 Å². The highest BCUT2D eigenvalue weighted by molar-refractivity contribution is 6.12. The van der Waals surface area contributed by atoms with Crippen LogP contribution in [0.1, 0.15) is 71.8 Å². The van der Waals surface area contributed by atoms with Gasteiger partial charge in [-0.05, 0) is 55.2 Å². The van der Waals surface area contributed by atoms with Gasteiger partial charge in [0.25, 0.3) is 11.8 Å². The summed E-state index contributed by atoms with van der Waals surface area (Å²) in [5, 5.41) is 10.7. The van der Waals surface area contributed by atoms with Crippen LogP contribution in [0.25, 0.3) is 0 Å². The van der Waals surface area contributed by atoms with E-state index in [0.717, 1.165) is 9.80 Å². The van der Waals surface area contributed by atoms with Crippen LogP contribution in [0.3, 0.4) is 0 Å². The van der Waals surface area contributed by atoms with Crippen molar-refractivity contribution < 1.29 is 43.1 Å². The summed E-state index contributed by atoms with van der Waals surface area (Å²) in [5.41, 5.74) is 11.6. The second kappa shape index (κ2) is 21.0. The highest BCUT2D eigenvalue weighted by Gasteiger charge is 2.30. The van der Waals surface area contributed by atoms with E-state index in [2.05, 4.69) is 21.3 Å². The molecule has 52 heavy (non-hydrogen) atoms. The number of ether oxygens (including phenoxy) is 1.